The van der Waals surface area contributed by atoms with Gasteiger partial charge in [0.15, 0.2) is 0 Å². The third-order valence-electron chi connectivity index (χ3n) is 3.52. The number of ether oxygens (including phenoxy) is 1. The van der Waals surface area contributed by atoms with Crippen molar-refractivity contribution >= 4 is 46.6 Å². The van der Waals surface area contributed by atoms with E-state index in [1.807, 2.05) is 36.4 Å². The highest BCUT2D eigenvalue weighted by Crippen LogP contribution is 2.24. The largest absolute Gasteiger partial charge is 0.497 e. The Morgan fingerprint density at radius 1 is 1.04 bits per heavy atom. The molecule has 1 amide bonds. The van der Waals surface area contributed by atoms with Crippen molar-refractivity contribution in [3.8, 4) is 17.0 Å². The van der Waals surface area contributed by atoms with Crippen LogP contribution in [0, 0.1) is 0 Å². The molecule has 0 fully saturated rings. The van der Waals surface area contributed by atoms with Crippen LogP contribution in [0.1, 0.15) is 0 Å². The van der Waals surface area contributed by atoms with Crippen LogP contribution < -0.4 is 10.1 Å². The number of rotatable bonds is 6. The molecule has 2 aromatic carbocycles. The van der Waals surface area contributed by atoms with Crippen LogP contribution in [-0.4, -0.2) is 29.0 Å². The lowest BCUT2D eigenvalue weighted by Crippen LogP contribution is -2.14. The average Bonchev–Trinajstić information content (AvgIpc) is 2.66. The number of carbonyl (C=O) groups is 1. The van der Waals surface area contributed by atoms with Crippen molar-refractivity contribution in [1.29, 1.82) is 0 Å². The number of hydrogen-bond acceptors (Lipinski definition) is 5. The smallest absolute Gasteiger partial charge is 0.234 e. The van der Waals surface area contributed by atoms with Crippen LogP contribution >= 0.6 is 35.0 Å². The second-order valence-corrected chi connectivity index (χ2v) is 7.35. The number of benzene rings is 2. The van der Waals surface area contributed by atoms with Crippen LogP contribution in [0.5, 0.6) is 5.75 Å². The Hall–Kier alpha value is -2.28. The summed E-state index contributed by atoms with van der Waals surface area (Å²) >= 11 is 13.1. The fourth-order valence-corrected chi connectivity index (χ4v) is 3.42. The maximum atomic E-state index is 12.1. The molecule has 3 rings (SSSR count). The fourth-order valence-electron chi connectivity index (χ4n) is 2.28. The monoisotopic (exact) mass is 419 g/mol. The van der Waals surface area contributed by atoms with Crippen LogP contribution in [0.3, 0.4) is 0 Å². The van der Waals surface area contributed by atoms with Crippen LogP contribution in [0.15, 0.2) is 59.6 Å². The molecule has 0 saturated heterocycles. The molecule has 1 heterocycles. The molecule has 1 N–H and O–H groups in total. The van der Waals surface area contributed by atoms with Crippen molar-refractivity contribution in [2.45, 2.75) is 5.03 Å². The molecule has 5 nitrogen and oxygen atoms in total. The zero-order valence-corrected chi connectivity index (χ0v) is 16.6. The van der Waals surface area contributed by atoms with E-state index in [-0.39, 0.29) is 11.7 Å². The lowest BCUT2D eigenvalue weighted by molar-refractivity contribution is -0.113. The van der Waals surface area contributed by atoms with Gasteiger partial charge in [-0.2, -0.15) is 0 Å². The minimum absolute atomic E-state index is 0.181. The van der Waals surface area contributed by atoms with Gasteiger partial charge in [-0.05, 0) is 54.6 Å². The first-order valence-electron chi connectivity index (χ1n) is 7.90. The number of anilines is 1. The van der Waals surface area contributed by atoms with Gasteiger partial charge in [0.1, 0.15) is 10.8 Å². The third-order valence-corrected chi connectivity index (χ3v) is 4.88. The Kier molecular flexibility index (Phi) is 6.55. The first-order valence-corrected chi connectivity index (χ1v) is 9.64. The predicted molar refractivity (Wildman–Crippen MR) is 110 cm³/mol. The minimum Gasteiger partial charge on any atom is -0.497 e. The van der Waals surface area contributed by atoms with Crippen LogP contribution in [0.25, 0.3) is 11.3 Å². The van der Waals surface area contributed by atoms with Gasteiger partial charge in [-0.25, -0.2) is 0 Å². The quantitative estimate of drug-likeness (QED) is 0.556. The summed E-state index contributed by atoms with van der Waals surface area (Å²) in [5, 5.41) is 12.7. The third kappa shape index (κ3) is 5.60. The van der Waals surface area contributed by atoms with E-state index in [2.05, 4.69) is 15.5 Å². The standard InChI is InChI=1S/C19H15Cl2N3O2S/c1-26-16-4-2-12(3-5-16)17-6-7-19(24-23-17)27-11-18(25)22-15-9-13(20)8-14(21)10-15/h2-10H,11H2,1H3,(H,22,25). The molecule has 0 aliphatic carbocycles. The van der Waals surface area contributed by atoms with Crippen LogP contribution in [-0.2, 0) is 4.79 Å². The molecular formula is C19H15Cl2N3O2S. The van der Waals surface area contributed by atoms with Gasteiger partial charge in [0.05, 0.1) is 18.6 Å². The average molecular weight is 420 g/mol. The van der Waals surface area contributed by atoms with Gasteiger partial charge < -0.3 is 10.1 Å². The number of halogens is 2. The number of methoxy groups -OCH3 is 1. The van der Waals surface area contributed by atoms with E-state index in [9.17, 15) is 4.79 Å². The first kappa shape index (κ1) is 19.5. The summed E-state index contributed by atoms with van der Waals surface area (Å²) in [6.07, 6.45) is 0. The Balaban J connectivity index is 1.57. The zero-order chi connectivity index (χ0) is 19.2. The van der Waals surface area contributed by atoms with E-state index in [1.54, 1.807) is 25.3 Å². The summed E-state index contributed by atoms with van der Waals surface area (Å²) in [5.74, 6) is 0.797. The summed E-state index contributed by atoms with van der Waals surface area (Å²) in [7, 11) is 1.62. The Morgan fingerprint density at radius 2 is 1.74 bits per heavy atom. The number of amides is 1. The highest BCUT2D eigenvalue weighted by Gasteiger charge is 2.07. The Labute approximate surface area is 171 Å². The molecule has 3 aromatic rings. The van der Waals surface area contributed by atoms with Crippen molar-refractivity contribution in [2.24, 2.45) is 0 Å². The van der Waals surface area contributed by atoms with Crippen LogP contribution in [0.4, 0.5) is 5.69 Å². The molecule has 27 heavy (non-hydrogen) atoms. The van der Waals surface area contributed by atoms with Crippen molar-refractivity contribution in [1.82, 2.24) is 10.2 Å². The molecule has 0 atom stereocenters. The Bertz CT molecular complexity index is 914. The van der Waals surface area contributed by atoms with Gasteiger partial charge in [-0.15, -0.1) is 10.2 Å². The molecule has 0 saturated carbocycles. The van der Waals surface area contributed by atoms with Crippen molar-refractivity contribution in [3.63, 3.8) is 0 Å². The van der Waals surface area contributed by atoms with Gasteiger partial charge in [0.25, 0.3) is 0 Å². The molecule has 0 spiro atoms. The second-order valence-electron chi connectivity index (χ2n) is 5.48. The highest BCUT2D eigenvalue weighted by atomic mass is 35.5. The van der Waals surface area contributed by atoms with Gasteiger partial charge in [-0.1, -0.05) is 35.0 Å². The molecule has 0 unspecified atom stereocenters. The van der Waals surface area contributed by atoms with E-state index in [4.69, 9.17) is 27.9 Å². The normalized spacial score (nSPS) is 10.5. The van der Waals surface area contributed by atoms with Crippen molar-refractivity contribution in [2.75, 3.05) is 18.2 Å². The lowest BCUT2D eigenvalue weighted by Gasteiger charge is -2.06. The predicted octanol–water partition coefficient (Wildman–Crippen LogP) is 5.19. The maximum absolute atomic E-state index is 12.1. The van der Waals surface area contributed by atoms with E-state index in [0.717, 1.165) is 17.0 Å². The SMILES string of the molecule is COc1ccc(-c2ccc(SCC(=O)Nc3cc(Cl)cc(Cl)c3)nn2)cc1. The lowest BCUT2D eigenvalue weighted by atomic mass is 10.1. The summed E-state index contributed by atoms with van der Waals surface area (Å²) in [5.41, 5.74) is 2.24. The summed E-state index contributed by atoms with van der Waals surface area (Å²) in [6.45, 7) is 0. The molecule has 0 radical (unpaired) electrons. The highest BCUT2D eigenvalue weighted by molar-refractivity contribution is 7.99. The fraction of sp³-hybridized carbons (Fsp3) is 0.105. The van der Waals surface area contributed by atoms with Crippen molar-refractivity contribution in [3.05, 3.63) is 64.6 Å². The molecule has 0 bridgehead atoms. The second kappa shape index (κ2) is 9.08. The maximum Gasteiger partial charge on any atom is 0.234 e. The van der Waals surface area contributed by atoms with Gasteiger partial charge in [0, 0.05) is 21.3 Å². The van der Waals surface area contributed by atoms with E-state index in [0.29, 0.717) is 20.8 Å². The summed E-state index contributed by atoms with van der Waals surface area (Å²) in [6, 6.07) is 16.1. The number of carbonyl (C=O) groups excluding carboxylic acids is 1. The van der Waals surface area contributed by atoms with Gasteiger partial charge in [-0.3, -0.25) is 4.79 Å². The van der Waals surface area contributed by atoms with E-state index < -0.39 is 0 Å². The molecule has 0 aliphatic heterocycles. The summed E-state index contributed by atoms with van der Waals surface area (Å²) < 4.78 is 5.14. The Morgan fingerprint density at radius 3 is 2.33 bits per heavy atom. The topological polar surface area (TPSA) is 64.1 Å². The minimum atomic E-state index is -0.181. The molecular weight excluding hydrogens is 405 g/mol. The number of nitrogens with one attached hydrogen (secondary N) is 1. The van der Waals surface area contributed by atoms with Crippen molar-refractivity contribution < 1.29 is 9.53 Å². The molecule has 8 heteroatoms. The van der Waals surface area contributed by atoms with E-state index in [1.165, 1.54) is 11.8 Å². The number of hydrogen-bond donors (Lipinski definition) is 1. The first-order chi connectivity index (χ1) is 13.0. The molecule has 0 aliphatic rings. The summed E-state index contributed by atoms with van der Waals surface area (Å²) in [4.78, 5) is 12.1. The number of aromatic nitrogens is 2. The number of nitrogens with zero attached hydrogens (tertiary/aromatic N) is 2. The zero-order valence-electron chi connectivity index (χ0n) is 14.3. The molecule has 1 aromatic heterocycles. The van der Waals surface area contributed by atoms with E-state index >= 15 is 0 Å². The van der Waals surface area contributed by atoms with Gasteiger partial charge in [0.2, 0.25) is 5.91 Å². The van der Waals surface area contributed by atoms with Gasteiger partial charge >= 0.3 is 0 Å². The molecule has 138 valence electrons. The number of thioether (sulfide) groups is 1. The van der Waals surface area contributed by atoms with Crippen LogP contribution in [0.2, 0.25) is 10.0 Å².